The first-order valence-electron chi connectivity index (χ1n) is 7.76. The molecule has 2 aliphatic rings. The summed E-state index contributed by atoms with van der Waals surface area (Å²) in [5, 5.41) is 2.23. The maximum atomic E-state index is 12.7. The molecule has 1 aromatic heterocycles. The van der Waals surface area contributed by atoms with E-state index in [0.717, 1.165) is 12.2 Å². The second kappa shape index (κ2) is 5.52. The number of rotatable bonds is 2. The van der Waals surface area contributed by atoms with Crippen LogP contribution in [-0.4, -0.2) is 40.4 Å². The van der Waals surface area contributed by atoms with Crippen molar-refractivity contribution < 1.29 is 14.4 Å². The number of fused-ring (bicyclic) bond motifs is 1. The van der Waals surface area contributed by atoms with Crippen molar-refractivity contribution in [3.63, 3.8) is 0 Å². The van der Waals surface area contributed by atoms with Crippen LogP contribution in [0.4, 0.5) is 10.5 Å². The van der Waals surface area contributed by atoms with Gasteiger partial charge in [0.2, 0.25) is 5.91 Å². The highest BCUT2D eigenvalue weighted by Gasteiger charge is 2.28. The summed E-state index contributed by atoms with van der Waals surface area (Å²) in [6.45, 7) is 2.07. The lowest BCUT2D eigenvalue weighted by molar-refractivity contribution is -0.117. The fourth-order valence-corrected chi connectivity index (χ4v) is 3.10. The van der Waals surface area contributed by atoms with Crippen molar-refractivity contribution in [3.8, 4) is 0 Å². The summed E-state index contributed by atoms with van der Waals surface area (Å²) in [6, 6.07) is 10.3. The van der Waals surface area contributed by atoms with E-state index in [0.29, 0.717) is 24.3 Å². The van der Waals surface area contributed by atoms with Gasteiger partial charge in [0, 0.05) is 36.2 Å². The van der Waals surface area contributed by atoms with E-state index in [2.05, 4.69) is 9.88 Å². The van der Waals surface area contributed by atoms with Gasteiger partial charge in [0.15, 0.2) is 0 Å². The van der Waals surface area contributed by atoms with Gasteiger partial charge in [0.05, 0.1) is 6.54 Å². The molecule has 0 radical (unpaired) electrons. The molecule has 1 N–H and O–H groups in total. The van der Waals surface area contributed by atoms with Crippen LogP contribution in [0.15, 0.2) is 42.6 Å². The standard InChI is InChI=1S/C17H16N4O3/c22-15-11-21(17(24)18-15)13-5-3-12(4-6-13)16(23)20-9-8-19-7-1-2-14(19)10-20/h1-7H,8-11H2,(H,18,22,24). The maximum absolute atomic E-state index is 12.7. The number of hydrogen-bond acceptors (Lipinski definition) is 3. The summed E-state index contributed by atoms with van der Waals surface area (Å²) in [5.41, 5.74) is 2.30. The zero-order valence-corrected chi connectivity index (χ0v) is 12.9. The van der Waals surface area contributed by atoms with Gasteiger partial charge in [0.1, 0.15) is 6.54 Å². The van der Waals surface area contributed by atoms with Crippen LogP contribution in [0.2, 0.25) is 0 Å². The van der Waals surface area contributed by atoms with Gasteiger partial charge in [-0.1, -0.05) is 0 Å². The monoisotopic (exact) mass is 324 g/mol. The van der Waals surface area contributed by atoms with Gasteiger partial charge < -0.3 is 9.47 Å². The van der Waals surface area contributed by atoms with Crippen LogP contribution in [0.5, 0.6) is 0 Å². The number of anilines is 1. The van der Waals surface area contributed by atoms with E-state index < -0.39 is 6.03 Å². The molecule has 24 heavy (non-hydrogen) atoms. The van der Waals surface area contributed by atoms with Crippen LogP contribution < -0.4 is 10.2 Å². The summed E-state index contributed by atoms with van der Waals surface area (Å²) in [4.78, 5) is 38.7. The number of hydrogen-bond donors (Lipinski definition) is 1. The van der Waals surface area contributed by atoms with Crippen molar-refractivity contribution in [2.75, 3.05) is 18.0 Å². The van der Waals surface area contributed by atoms with E-state index in [1.807, 2.05) is 23.2 Å². The number of amides is 4. The highest BCUT2D eigenvalue weighted by molar-refractivity contribution is 6.12. The minimum absolute atomic E-state index is 0.00917. The molecule has 0 unspecified atom stereocenters. The number of urea groups is 1. The predicted molar refractivity (Wildman–Crippen MR) is 86.5 cm³/mol. The van der Waals surface area contributed by atoms with Gasteiger partial charge in [-0.25, -0.2) is 4.79 Å². The van der Waals surface area contributed by atoms with E-state index >= 15 is 0 Å². The first-order valence-corrected chi connectivity index (χ1v) is 7.76. The number of imide groups is 1. The molecule has 122 valence electrons. The van der Waals surface area contributed by atoms with Gasteiger partial charge in [-0.05, 0) is 36.4 Å². The van der Waals surface area contributed by atoms with Crippen LogP contribution >= 0.6 is 0 Å². The summed E-state index contributed by atoms with van der Waals surface area (Å²) in [5.74, 6) is -0.354. The molecule has 7 heteroatoms. The Kier molecular flexibility index (Phi) is 3.34. The van der Waals surface area contributed by atoms with Crippen molar-refractivity contribution in [2.45, 2.75) is 13.1 Å². The Morgan fingerprint density at radius 3 is 2.50 bits per heavy atom. The van der Waals surface area contributed by atoms with E-state index in [-0.39, 0.29) is 18.4 Å². The molecule has 1 fully saturated rings. The Hall–Kier alpha value is -3.09. The fraction of sp³-hybridized carbons (Fsp3) is 0.235. The number of benzene rings is 1. The summed E-state index contributed by atoms with van der Waals surface area (Å²) >= 11 is 0. The molecule has 0 saturated carbocycles. The van der Waals surface area contributed by atoms with Crippen LogP contribution in [0, 0.1) is 0 Å². The molecule has 3 heterocycles. The molecule has 0 atom stereocenters. The zero-order valence-electron chi connectivity index (χ0n) is 12.9. The molecule has 0 bridgehead atoms. The van der Waals surface area contributed by atoms with E-state index in [4.69, 9.17) is 0 Å². The fourth-order valence-electron chi connectivity index (χ4n) is 3.10. The summed E-state index contributed by atoms with van der Waals surface area (Å²) in [7, 11) is 0. The Labute approximate surface area is 138 Å². The lowest BCUT2D eigenvalue weighted by Gasteiger charge is -2.28. The van der Waals surface area contributed by atoms with E-state index in [1.165, 1.54) is 4.90 Å². The third kappa shape index (κ3) is 2.44. The first kappa shape index (κ1) is 14.5. The molecule has 0 aliphatic carbocycles. The quantitative estimate of drug-likeness (QED) is 0.844. The first-order chi connectivity index (χ1) is 11.6. The molecular formula is C17H16N4O3. The van der Waals surface area contributed by atoms with Crippen molar-refractivity contribution in [2.24, 2.45) is 0 Å². The molecule has 1 saturated heterocycles. The van der Waals surface area contributed by atoms with E-state index in [1.54, 1.807) is 24.3 Å². The predicted octanol–water partition coefficient (Wildman–Crippen LogP) is 1.20. The molecule has 7 nitrogen and oxygen atoms in total. The van der Waals surface area contributed by atoms with Crippen molar-refractivity contribution in [1.29, 1.82) is 0 Å². The zero-order chi connectivity index (χ0) is 16.7. The van der Waals surface area contributed by atoms with Gasteiger partial charge in [-0.2, -0.15) is 0 Å². The molecular weight excluding hydrogens is 308 g/mol. The number of carbonyl (C=O) groups is 3. The topological polar surface area (TPSA) is 74.7 Å². The molecule has 1 aromatic carbocycles. The summed E-state index contributed by atoms with van der Waals surface area (Å²) in [6.07, 6.45) is 2.02. The Morgan fingerprint density at radius 2 is 1.79 bits per heavy atom. The van der Waals surface area contributed by atoms with E-state index in [9.17, 15) is 14.4 Å². The van der Waals surface area contributed by atoms with Crippen LogP contribution in [-0.2, 0) is 17.9 Å². The summed E-state index contributed by atoms with van der Waals surface area (Å²) < 4.78 is 2.15. The van der Waals surface area contributed by atoms with Gasteiger partial charge in [-0.15, -0.1) is 0 Å². The number of carbonyl (C=O) groups excluding carboxylic acids is 3. The number of nitrogens with one attached hydrogen (secondary N) is 1. The SMILES string of the molecule is O=C1CN(c2ccc(C(=O)N3CCn4cccc4C3)cc2)C(=O)N1. The second-order valence-corrected chi connectivity index (χ2v) is 5.91. The highest BCUT2D eigenvalue weighted by Crippen LogP contribution is 2.20. The van der Waals surface area contributed by atoms with Crippen LogP contribution in [0.3, 0.4) is 0 Å². The smallest absolute Gasteiger partial charge is 0.329 e. The third-order valence-corrected chi connectivity index (χ3v) is 4.39. The largest absolute Gasteiger partial charge is 0.348 e. The third-order valence-electron chi connectivity index (χ3n) is 4.39. The average Bonchev–Trinajstić information content (AvgIpc) is 3.19. The normalized spacial score (nSPS) is 17.0. The average molecular weight is 324 g/mol. The number of nitrogens with zero attached hydrogens (tertiary/aromatic N) is 3. The van der Waals surface area contributed by atoms with Gasteiger partial charge in [0.25, 0.3) is 5.91 Å². The Morgan fingerprint density at radius 1 is 1.00 bits per heavy atom. The van der Waals surface area contributed by atoms with Crippen molar-refractivity contribution in [1.82, 2.24) is 14.8 Å². The lowest BCUT2D eigenvalue weighted by Crippen LogP contribution is -2.37. The van der Waals surface area contributed by atoms with Crippen molar-refractivity contribution >= 4 is 23.5 Å². The molecule has 4 rings (SSSR count). The van der Waals surface area contributed by atoms with Crippen molar-refractivity contribution in [3.05, 3.63) is 53.9 Å². The molecule has 0 spiro atoms. The molecule has 2 aliphatic heterocycles. The second-order valence-electron chi connectivity index (χ2n) is 5.91. The maximum Gasteiger partial charge on any atom is 0.329 e. The molecule has 2 aromatic rings. The van der Waals surface area contributed by atoms with Gasteiger partial charge in [-0.3, -0.25) is 19.8 Å². The van der Waals surface area contributed by atoms with Crippen LogP contribution in [0.25, 0.3) is 0 Å². The molecule has 4 amide bonds. The Balaban J connectivity index is 1.50. The minimum Gasteiger partial charge on any atom is -0.348 e. The lowest BCUT2D eigenvalue weighted by atomic mass is 10.1. The Bertz CT molecular complexity index is 825. The highest BCUT2D eigenvalue weighted by atomic mass is 16.2. The van der Waals surface area contributed by atoms with Crippen LogP contribution in [0.1, 0.15) is 16.1 Å². The van der Waals surface area contributed by atoms with Gasteiger partial charge >= 0.3 is 6.03 Å². The minimum atomic E-state index is -0.434. The number of aromatic nitrogens is 1.